The molecule has 0 aliphatic carbocycles. The van der Waals surface area contributed by atoms with Crippen molar-refractivity contribution in [2.75, 3.05) is 32.9 Å². The Bertz CT molecular complexity index is 1520. The third-order valence-corrected chi connectivity index (χ3v) is 7.82. The van der Waals surface area contributed by atoms with Crippen LogP contribution in [0.2, 0.25) is 0 Å². The fourth-order valence-electron chi connectivity index (χ4n) is 5.61. The number of amides is 1. The van der Waals surface area contributed by atoms with Crippen molar-refractivity contribution in [3.05, 3.63) is 77.2 Å². The lowest BCUT2D eigenvalue weighted by atomic mass is 9.88. The summed E-state index contributed by atoms with van der Waals surface area (Å²) in [5, 5.41) is 10.6. The highest BCUT2D eigenvalue weighted by atomic mass is 16.2. The smallest absolute Gasteiger partial charge is 0.253 e. The molecule has 0 spiro atoms. The Balaban J connectivity index is 1.35. The molecule has 4 aromatic rings. The maximum atomic E-state index is 12.2. The molecule has 5 rings (SSSR count). The number of fused-ring (bicyclic) bond motifs is 1. The molecule has 38 heavy (non-hydrogen) atoms. The molecular formula is C30H33N7O. The molecule has 1 fully saturated rings. The van der Waals surface area contributed by atoms with E-state index in [1.807, 2.05) is 24.3 Å². The second-order valence-corrected chi connectivity index (χ2v) is 10.3. The summed E-state index contributed by atoms with van der Waals surface area (Å²) in [6.45, 7) is 4.24. The van der Waals surface area contributed by atoms with Gasteiger partial charge in [0.1, 0.15) is 17.5 Å². The van der Waals surface area contributed by atoms with Gasteiger partial charge < -0.3 is 15.2 Å². The van der Waals surface area contributed by atoms with Crippen LogP contribution in [0.1, 0.15) is 59.0 Å². The van der Waals surface area contributed by atoms with E-state index in [4.69, 9.17) is 5.73 Å². The third kappa shape index (κ3) is 4.61. The van der Waals surface area contributed by atoms with Gasteiger partial charge in [-0.25, -0.2) is 9.97 Å². The maximum absolute atomic E-state index is 12.2. The maximum Gasteiger partial charge on any atom is 0.253 e. The summed E-state index contributed by atoms with van der Waals surface area (Å²) in [5.41, 5.74) is 11.9. The van der Waals surface area contributed by atoms with E-state index >= 15 is 0 Å². The number of aromatic nitrogens is 3. The van der Waals surface area contributed by atoms with E-state index in [1.54, 1.807) is 31.3 Å². The van der Waals surface area contributed by atoms with E-state index in [1.165, 1.54) is 11.3 Å². The van der Waals surface area contributed by atoms with Crippen LogP contribution in [-0.2, 0) is 7.05 Å². The second kappa shape index (κ2) is 10.3. The van der Waals surface area contributed by atoms with E-state index < -0.39 is 0 Å². The number of benzene rings is 1. The van der Waals surface area contributed by atoms with Crippen molar-refractivity contribution < 1.29 is 4.79 Å². The Morgan fingerprint density at radius 3 is 2.47 bits per heavy atom. The van der Waals surface area contributed by atoms with Crippen LogP contribution in [0.3, 0.4) is 0 Å². The van der Waals surface area contributed by atoms with E-state index in [2.05, 4.69) is 57.7 Å². The average Bonchev–Trinajstić information content (AvgIpc) is 3.28. The van der Waals surface area contributed by atoms with E-state index in [0.717, 1.165) is 53.7 Å². The first-order valence-electron chi connectivity index (χ1n) is 13.0. The molecule has 4 heterocycles. The van der Waals surface area contributed by atoms with Gasteiger partial charge in [-0.2, -0.15) is 5.26 Å². The summed E-state index contributed by atoms with van der Waals surface area (Å²) < 4.78 is 2.16. The zero-order chi connectivity index (χ0) is 27.0. The van der Waals surface area contributed by atoms with E-state index in [9.17, 15) is 10.1 Å². The second-order valence-electron chi connectivity index (χ2n) is 10.3. The number of likely N-dealkylation sites (tertiary alicyclic amines) is 1. The fraction of sp³-hybridized carbons (Fsp3) is 0.333. The number of anilines is 1. The van der Waals surface area contributed by atoms with Gasteiger partial charge in [-0.05, 0) is 86.3 Å². The van der Waals surface area contributed by atoms with Crippen molar-refractivity contribution in [2.45, 2.75) is 31.7 Å². The molecule has 1 unspecified atom stereocenters. The van der Waals surface area contributed by atoms with Gasteiger partial charge in [0.05, 0.1) is 0 Å². The zero-order valence-corrected chi connectivity index (χ0v) is 22.3. The molecule has 1 aliphatic heterocycles. The Labute approximate surface area is 223 Å². The number of hydrogen-bond donors (Lipinski definition) is 1. The lowest BCUT2D eigenvalue weighted by Gasteiger charge is -2.36. The quantitative estimate of drug-likeness (QED) is 0.419. The van der Waals surface area contributed by atoms with Crippen LogP contribution in [0.25, 0.3) is 22.2 Å². The summed E-state index contributed by atoms with van der Waals surface area (Å²) in [4.78, 5) is 25.2. The van der Waals surface area contributed by atoms with Crippen molar-refractivity contribution in [1.82, 2.24) is 24.3 Å². The van der Waals surface area contributed by atoms with Gasteiger partial charge in [0.2, 0.25) is 0 Å². The highest BCUT2D eigenvalue weighted by Gasteiger charge is 2.27. The van der Waals surface area contributed by atoms with Crippen LogP contribution in [-0.4, -0.2) is 57.4 Å². The number of piperidine rings is 1. The molecule has 194 valence electrons. The summed E-state index contributed by atoms with van der Waals surface area (Å²) in [7, 11) is 5.61. The van der Waals surface area contributed by atoms with Crippen LogP contribution >= 0.6 is 0 Å². The van der Waals surface area contributed by atoms with Crippen molar-refractivity contribution in [1.29, 1.82) is 5.26 Å². The number of nitrogens with two attached hydrogens (primary N) is 1. The lowest BCUT2D eigenvalue weighted by Crippen LogP contribution is -2.35. The molecule has 0 bridgehead atoms. The Kier molecular flexibility index (Phi) is 6.87. The highest BCUT2D eigenvalue weighted by Crippen LogP contribution is 2.36. The van der Waals surface area contributed by atoms with Gasteiger partial charge >= 0.3 is 0 Å². The number of nitriles is 1. The van der Waals surface area contributed by atoms with Crippen LogP contribution < -0.4 is 5.73 Å². The molecular weight excluding hydrogens is 474 g/mol. The summed E-state index contributed by atoms with van der Waals surface area (Å²) in [5.74, 6) is 0.855. The van der Waals surface area contributed by atoms with Gasteiger partial charge in [0.15, 0.2) is 5.69 Å². The Hall–Kier alpha value is -4.22. The van der Waals surface area contributed by atoms with Gasteiger partial charge in [-0.3, -0.25) is 9.69 Å². The number of carbonyl (C=O) groups excluding carboxylic acids is 1. The minimum absolute atomic E-state index is 0.0318. The van der Waals surface area contributed by atoms with E-state index in [-0.39, 0.29) is 11.9 Å². The molecule has 0 radical (unpaired) electrons. The van der Waals surface area contributed by atoms with Crippen molar-refractivity contribution in [3.63, 3.8) is 0 Å². The molecule has 1 aromatic carbocycles. The SMILES string of the molecule is CC(c1cc2c(-c3ccc(N)nc3C#N)ccnc2n1C)N1CCC(c2ccc(C(=O)N(C)C)cc2)CC1. The minimum Gasteiger partial charge on any atom is -0.384 e. The summed E-state index contributed by atoms with van der Waals surface area (Å²) in [6.07, 6.45) is 3.93. The van der Waals surface area contributed by atoms with Crippen molar-refractivity contribution >= 4 is 22.8 Å². The molecule has 1 saturated heterocycles. The number of pyridine rings is 2. The first-order valence-corrected chi connectivity index (χ1v) is 13.0. The monoisotopic (exact) mass is 507 g/mol. The largest absolute Gasteiger partial charge is 0.384 e. The molecule has 2 N–H and O–H groups in total. The number of aryl methyl sites for hydroxylation is 1. The predicted octanol–water partition coefficient (Wildman–Crippen LogP) is 4.73. The molecule has 0 saturated carbocycles. The summed E-state index contributed by atoms with van der Waals surface area (Å²) in [6, 6.07) is 18.2. The van der Waals surface area contributed by atoms with Gasteiger partial charge in [-0.15, -0.1) is 0 Å². The van der Waals surface area contributed by atoms with Crippen LogP contribution in [0.15, 0.2) is 54.7 Å². The van der Waals surface area contributed by atoms with Gasteiger partial charge in [0.25, 0.3) is 5.91 Å². The molecule has 8 nitrogen and oxygen atoms in total. The fourth-order valence-corrected chi connectivity index (χ4v) is 5.61. The number of hydrogen-bond acceptors (Lipinski definition) is 6. The van der Waals surface area contributed by atoms with E-state index in [0.29, 0.717) is 17.4 Å². The number of carbonyl (C=O) groups is 1. The zero-order valence-electron chi connectivity index (χ0n) is 22.3. The van der Waals surface area contributed by atoms with Crippen molar-refractivity contribution in [2.24, 2.45) is 7.05 Å². The Morgan fingerprint density at radius 1 is 1.11 bits per heavy atom. The van der Waals surface area contributed by atoms with Crippen LogP contribution in [0, 0.1) is 11.3 Å². The predicted molar refractivity (Wildman–Crippen MR) is 149 cm³/mol. The molecule has 8 heteroatoms. The first kappa shape index (κ1) is 25.4. The van der Waals surface area contributed by atoms with Gasteiger partial charge in [-0.1, -0.05) is 12.1 Å². The number of rotatable bonds is 5. The number of nitrogen functional groups attached to an aromatic ring is 1. The topological polar surface area (TPSA) is 104 Å². The standard InChI is InChI=1S/C30H33N7O/c1-19(37-15-12-21(13-16-37)20-5-7-22(8-6-20)30(38)35(2)3)27-17-25-23(11-14-33-29(25)36(27)4)24-9-10-28(32)34-26(24)18-31/h5-11,14,17,19,21H,12-13,15-16H2,1-4H3,(H2,32,34). The normalized spacial score (nSPS) is 15.3. The first-order chi connectivity index (χ1) is 18.3. The third-order valence-electron chi connectivity index (χ3n) is 7.82. The number of nitrogens with zero attached hydrogens (tertiary/aromatic N) is 6. The molecule has 1 amide bonds. The van der Waals surface area contributed by atoms with Crippen molar-refractivity contribution in [3.8, 4) is 17.2 Å². The van der Waals surface area contributed by atoms with Crippen LogP contribution in [0.5, 0.6) is 0 Å². The highest BCUT2D eigenvalue weighted by molar-refractivity contribution is 5.95. The van der Waals surface area contributed by atoms with Crippen LogP contribution in [0.4, 0.5) is 5.82 Å². The molecule has 1 aliphatic rings. The molecule has 1 atom stereocenters. The molecule has 3 aromatic heterocycles. The van der Waals surface area contributed by atoms with Gasteiger partial charge in [0, 0.05) is 55.6 Å². The average molecular weight is 508 g/mol. The lowest BCUT2D eigenvalue weighted by molar-refractivity contribution is 0.0827. The minimum atomic E-state index is 0.0318. The Morgan fingerprint density at radius 2 is 1.82 bits per heavy atom. The summed E-state index contributed by atoms with van der Waals surface area (Å²) >= 11 is 0.